The Morgan fingerprint density at radius 1 is 1.04 bits per heavy atom. The number of benzene rings is 2. The molecule has 0 aliphatic heterocycles. The van der Waals surface area contributed by atoms with Crippen LogP contribution in [0.15, 0.2) is 48.5 Å². The van der Waals surface area contributed by atoms with Crippen LogP contribution in [-0.2, 0) is 4.79 Å². The van der Waals surface area contributed by atoms with Gasteiger partial charge in [0.05, 0.1) is 10.6 Å². The van der Waals surface area contributed by atoms with E-state index >= 15 is 0 Å². The van der Waals surface area contributed by atoms with Gasteiger partial charge < -0.3 is 10.6 Å². The third-order valence-corrected chi connectivity index (χ3v) is 3.73. The van der Waals surface area contributed by atoms with E-state index in [0.717, 1.165) is 0 Å². The minimum atomic E-state index is -0.769. The SMILES string of the molecule is CC(=O)c1cccc(NC(=O)C(C)NC(=O)c2ccccc2Cl)c1. The van der Waals surface area contributed by atoms with Gasteiger partial charge in [-0.25, -0.2) is 0 Å². The average Bonchev–Trinajstić information content (AvgIpc) is 2.55. The molecule has 2 rings (SSSR count). The predicted molar refractivity (Wildman–Crippen MR) is 93.5 cm³/mol. The molecule has 1 unspecified atom stereocenters. The van der Waals surface area contributed by atoms with Crippen molar-refractivity contribution in [1.82, 2.24) is 5.32 Å². The maximum absolute atomic E-state index is 12.2. The van der Waals surface area contributed by atoms with Gasteiger partial charge in [-0.15, -0.1) is 0 Å². The van der Waals surface area contributed by atoms with E-state index < -0.39 is 17.9 Å². The number of hydrogen-bond donors (Lipinski definition) is 2. The summed E-state index contributed by atoms with van der Waals surface area (Å²) in [5.74, 6) is -0.914. The van der Waals surface area contributed by atoms with E-state index in [1.165, 1.54) is 6.92 Å². The Kier molecular flexibility index (Phi) is 5.71. The highest BCUT2D eigenvalue weighted by Gasteiger charge is 2.18. The monoisotopic (exact) mass is 344 g/mol. The zero-order chi connectivity index (χ0) is 17.7. The molecule has 0 aliphatic carbocycles. The standard InChI is InChI=1S/C18H17ClN2O3/c1-11(20-18(24)15-8-3-4-9-16(15)19)17(23)21-14-7-5-6-13(10-14)12(2)22/h3-11H,1-2H3,(H,20,24)(H,21,23). The van der Waals surface area contributed by atoms with E-state index in [1.807, 2.05) is 0 Å². The molecule has 0 heterocycles. The number of ketones is 1. The molecule has 124 valence electrons. The first-order valence-corrected chi connectivity index (χ1v) is 7.73. The van der Waals surface area contributed by atoms with Crippen LogP contribution < -0.4 is 10.6 Å². The van der Waals surface area contributed by atoms with Crippen molar-refractivity contribution in [2.45, 2.75) is 19.9 Å². The molecule has 24 heavy (non-hydrogen) atoms. The van der Waals surface area contributed by atoms with E-state index in [-0.39, 0.29) is 5.78 Å². The molecule has 2 aromatic rings. The van der Waals surface area contributed by atoms with Crippen molar-refractivity contribution in [1.29, 1.82) is 0 Å². The number of halogens is 1. The van der Waals surface area contributed by atoms with Gasteiger partial charge in [0.2, 0.25) is 5.91 Å². The lowest BCUT2D eigenvalue weighted by Crippen LogP contribution is -2.41. The first kappa shape index (κ1) is 17.7. The minimum absolute atomic E-state index is 0.0915. The lowest BCUT2D eigenvalue weighted by molar-refractivity contribution is -0.117. The van der Waals surface area contributed by atoms with Gasteiger partial charge in [-0.3, -0.25) is 14.4 Å². The summed E-state index contributed by atoms with van der Waals surface area (Å²) in [4.78, 5) is 35.7. The van der Waals surface area contributed by atoms with Crippen molar-refractivity contribution in [3.63, 3.8) is 0 Å². The van der Waals surface area contributed by atoms with Gasteiger partial charge in [0.25, 0.3) is 5.91 Å². The van der Waals surface area contributed by atoms with E-state index in [2.05, 4.69) is 10.6 Å². The summed E-state index contributed by atoms with van der Waals surface area (Å²) in [7, 11) is 0. The summed E-state index contributed by atoms with van der Waals surface area (Å²) in [6.45, 7) is 3.02. The van der Waals surface area contributed by atoms with Crippen molar-refractivity contribution in [2.24, 2.45) is 0 Å². The molecule has 0 radical (unpaired) electrons. The first-order valence-electron chi connectivity index (χ1n) is 7.35. The van der Waals surface area contributed by atoms with Gasteiger partial charge in [0.15, 0.2) is 5.78 Å². The molecule has 0 aliphatic rings. The van der Waals surface area contributed by atoms with Crippen LogP contribution in [0.3, 0.4) is 0 Å². The van der Waals surface area contributed by atoms with Gasteiger partial charge in [0, 0.05) is 11.3 Å². The molecule has 0 saturated carbocycles. The molecule has 0 saturated heterocycles. The summed E-state index contributed by atoms with van der Waals surface area (Å²) in [6.07, 6.45) is 0. The molecule has 2 amide bonds. The number of anilines is 1. The Balaban J connectivity index is 2.02. The highest BCUT2D eigenvalue weighted by Crippen LogP contribution is 2.15. The lowest BCUT2D eigenvalue weighted by Gasteiger charge is -2.15. The molecule has 5 nitrogen and oxygen atoms in total. The average molecular weight is 345 g/mol. The number of rotatable bonds is 5. The third kappa shape index (κ3) is 4.43. The fraction of sp³-hybridized carbons (Fsp3) is 0.167. The Hall–Kier alpha value is -2.66. The second-order valence-corrected chi connectivity index (χ2v) is 5.71. The Labute approximate surface area is 145 Å². The normalized spacial score (nSPS) is 11.5. The second-order valence-electron chi connectivity index (χ2n) is 5.30. The second kappa shape index (κ2) is 7.75. The van der Waals surface area contributed by atoms with Crippen LogP contribution in [0, 0.1) is 0 Å². The molecule has 2 aromatic carbocycles. The number of hydrogen-bond acceptors (Lipinski definition) is 3. The molecule has 0 spiro atoms. The minimum Gasteiger partial charge on any atom is -0.340 e. The summed E-state index contributed by atoms with van der Waals surface area (Å²) < 4.78 is 0. The summed E-state index contributed by atoms with van der Waals surface area (Å²) >= 11 is 5.97. The summed E-state index contributed by atoms with van der Waals surface area (Å²) in [6, 6.07) is 12.4. The van der Waals surface area contributed by atoms with E-state index in [0.29, 0.717) is 21.8 Å². The highest BCUT2D eigenvalue weighted by atomic mass is 35.5. The van der Waals surface area contributed by atoms with Gasteiger partial charge in [-0.05, 0) is 38.1 Å². The van der Waals surface area contributed by atoms with Crippen LogP contribution >= 0.6 is 11.6 Å². The van der Waals surface area contributed by atoms with Crippen molar-refractivity contribution in [3.8, 4) is 0 Å². The molecule has 1 atom stereocenters. The molecule has 0 bridgehead atoms. The third-order valence-electron chi connectivity index (χ3n) is 3.40. The van der Waals surface area contributed by atoms with Gasteiger partial charge in [0.1, 0.15) is 6.04 Å². The summed E-state index contributed by atoms with van der Waals surface area (Å²) in [5.41, 5.74) is 1.30. The predicted octanol–water partition coefficient (Wildman–Crippen LogP) is 3.30. The van der Waals surface area contributed by atoms with Crippen LogP contribution in [0.25, 0.3) is 0 Å². The molecule has 0 fully saturated rings. The van der Waals surface area contributed by atoms with E-state index in [4.69, 9.17) is 11.6 Å². The fourth-order valence-corrected chi connectivity index (χ4v) is 2.27. The van der Waals surface area contributed by atoms with Crippen molar-refractivity contribution >= 4 is 34.9 Å². The maximum atomic E-state index is 12.2. The number of carbonyl (C=O) groups excluding carboxylic acids is 3. The van der Waals surface area contributed by atoms with Crippen LogP contribution in [0.1, 0.15) is 34.6 Å². The fourth-order valence-electron chi connectivity index (χ4n) is 2.05. The smallest absolute Gasteiger partial charge is 0.253 e. The van der Waals surface area contributed by atoms with Crippen LogP contribution in [-0.4, -0.2) is 23.6 Å². The van der Waals surface area contributed by atoms with Crippen molar-refractivity contribution in [3.05, 3.63) is 64.7 Å². The highest BCUT2D eigenvalue weighted by molar-refractivity contribution is 6.33. The largest absolute Gasteiger partial charge is 0.340 e. The van der Waals surface area contributed by atoms with Crippen LogP contribution in [0.4, 0.5) is 5.69 Å². The van der Waals surface area contributed by atoms with Crippen LogP contribution in [0.2, 0.25) is 5.02 Å². The number of amides is 2. The Bertz CT molecular complexity index is 789. The molecule has 0 aromatic heterocycles. The lowest BCUT2D eigenvalue weighted by atomic mass is 10.1. The van der Waals surface area contributed by atoms with Crippen LogP contribution in [0.5, 0.6) is 0 Å². The van der Waals surface area contributed by atoms with Gasteiger partial charge >= 0.3 is 0 Å². The quantitative estimate of drug-likeness (QED) is 0.817. The number of Topliss-reactive ketones (excluding diaryl/α,β-unsaturated/α-hetero) is 1. The molecule has 6 heteroatoms. The topological polar surface area (TPSA) is 75.3 Å². The molecular formula is C18H17ClN2O3. The number of nitrogens with one attached hydrogen (secondary N) is 2. The summed E-state index contributed by atoms with van der Waals surface area (Å²) in [5, 5.41) is 5.58. The zero-order valence-corrected chi connectivity index (χ0v) is 14.1. The van der Waals surface area contributed by atoms with Crippen molar-refractivity contribution < 1.29 is 14.4 Å². The first-order chi connectivity index (χ1) is 11.4. The molecule has 2 N–H and O–H groups in total. The zero-order valence-electron chi connectivity index (χ0n) is 13.3. The van der Waals surface area contributed by atoms with E-state index in [9.17, 15) is 14.4 Å². The Morgan fingerprint density at radius 3 is 2.42 bits per heavy atom. The Morgan fingerprint density at radius 2 is 1.75 bits per heavy atom. The van der Waals surface area contributed by atoms with E-state index in [1.54, 1.807) is 55.5 Å². The van der Waals surface area contributed by atoms with Gasteiger partial charge in [-0.2, -0.15) is 0 Å². The van der Waals surface area contributed by atoms with Crippen molar-refractivity contribution in [2.75, 3.05) is 5.32 Å². The van der Waals surface area contributed by atoms with Gasteiger partial charge in [-0.1, -0.05) is 35.9 Å². The molecular weight excluding hydrogens is 328 g/mol. The number of carbonyl (C=O) groups is 3. The maximum Gasteiger partial charge on any atom is 0.253 e.